The number of nitrogens with one attached hydrogen (secondary N) is 1. The molecule has 5 nitrogen and oxygen atoms in total. The van der Waals surface area contributed by atoms with Crippen molar-refractivity contribution in [1.82, 2.24) is 4.90 Å². The van der Waals surface area contributed by atoms with Crippen LogP contribution in [0, 0.1) is 0 Å². The molecule has 126 valence electrons. The monoisotopic (exact) mass is 328 g/mol. The van der Waals surface area contributed by atoms with E-state index in [1.165, 1.54) is 23.8 Å². The minimum absolute atomic E-state index is 0.147. The Labute approximate surface area is 132 Å². The Bertz CT molecular complexity index is 599. The van der Waals surface area contributed by atoms with Crippen molar-refractivity contribution in [2.75, 3.05) is 32.0 Å². The van der Waals surface area contributed by atoms with Crippen LogP contribution in [0.5, 0.6) is 5.75 Å². The molecular formula is C15H19F3N4O. The van der Waals surface area contributed by atoms with Gasteiger partial charge in [0.15, 0.2) is 5.96 Å². The SMILES string of the molecule is CN1CC=C(CN=C(N)Nc2cccc(OC(F)(F)F)c2)CC1. The van der Waals surface area contributed by atoms with E-state index >= 15 is 0 Å². The number of hydrogen-bond donors (Lipinski definition) is 2. The van der Waals surface area contributed by atoms with Crippen molar-refractivity contribution in [1.29, 1.82) is 0 Å². The first-order valence-electron chi connectivity index (χ1n) is 7.11. The van der Waals surface area contributed by atoms with Crippen molar-refractivity contribution in [2.45, 2.75) is 12.8 Å². The van der Waals surface area contributed by atoms with Gasteiger partial charge in [-0.1, -0.05) is 17.7 Å². The Morgan fingerprint density at radius 2 is 2.22 bits per heavy atom. The lowest BCUT2D eigenvalue weighted by Gasteiger charge is -2.21. The summed E-state index contributed by atoms with van der Waals surface area (Å²) in [5.74, 6) is -0.165. The highest BCUT2D eigenvalue weighted by Crippen LogP contribution is 2.24. The maximum Gasteiger partial charge on any atom is 0.573 e. The van der Waals surface area contributed by atoms with E-state index in [-0.39, 0.29) is 11.7 Å². The molecule has 0 bridgehead atoms. The van der Waals surface area contributed by atoms with Gasteiger partial charge < -0.3 is 20.7 Å². The van der Waals surface area contributed by atoms with Gasteiger partial charge >= 0.3 is 6.36 Å². The molecule has 0 spiro atoms. The normalized spacial score (nSPS) is 16.9. The van der Waals surface area contributed by atoms with E-state index in [1.54, 1.807) is 6.07 Å². The highest BCUT2D eigenvalue weighted by atomic mass is 19.4. The number of nitrogens with zero attached hydrogens (tertiary/aromatic N) is 2. The van der Waals surface area contributed by atoms with Crippen LogP contribution in [0.4, 0.5) is 18.9 Å². The van der Waals surface area contributed by atoms with Gasteiger partial charge in [-0.3, -0.25) is 0 Å². The molecule has 0 atom stereocenters. The molecule has 0 fully saturated rings. The van der Waals surface area contributed by atoms with E-state index in [2.05, 4.69) is 26.0 Å². The van der Waals surface area contributed by atoms with E-state index in [1.807, 2.05) is 7.05 Å². The van der Waals surface area contributed by atoms with Crippen LogP contribution < -0.4 is 15.8 Å². The summed E-state index contributed by atoms with van der Waals surface area (Å²) in [5, 5.41) is 2.76. The van der Waals surface area contributed by atoms with E-state index in [0.29, 0.717) is 12.2 Å². The first-order valence-corrected chi connectivity index (χ1v) is 7.11. The smallest absolute Gasteiger partial charge is 0.406 e. The summed E-state index contributed by atoms with van der Waals surface area (Å²) in [6.07, 6.45) is -1.68. The van der Waals surface area contributed by atoms with E-state index in [4.69, 9.17) is 5.73 Å². The third-order valence-electron chi connectivity index (χ3n) is 3.30. The minimum atomic E-state index is -4.72. The molecule has 0 amide bonds. The largest absolute Gasteiger partial charge is 0.573 e. The third-order valence-corrected chi connectivity index (χ3v) is 3.30. The number of aliphatic imine (C=N–C) groups is 1. The fourth-order valence-electron chi connectivity index (χ4n) is 2.10. The average molecular weight is 328 g/mol. The molecule has 0 aliphatic carbocycles. The molecule has 1 aliphatic heterocycles. The Balaban J connectivity index is 1.93. The van der Waals surface area contributed by atoms with Crippen LogP contribution >= 0.6 is 0 Å². The maximum absolute atomic E-state index is 12.2. The zero-order valence-electron chi connectivity index (χ0n) is 12.7. The molecule has 0 unspecified atom stereocenters. The maximum atomic E-state index is 12.2. The number of benzene rings is 1. The van der Waals surface area contributed by atoms with Crippen LogP contribution in [0.2, 0.25) is 0 Å². The zero-order valence-corrected chi connectivity index (χ0v) is 12.7. The summed E-state index contributed by atoms with van der Waals surface area (Å²) in [5.41, 5.74) is 7.34. The molecule has 0 saturated heterocycles. The summed E-state index contributed by atoms with van der Waals surface area (Å²) < 4.78 is 40.4. The molecular weight excluding hydrogens is 309 g/mol. The second kappa shape index (κ2) is 7.36. The molecule has 3 N–H and O–H groups in total. The number of anilines is 1. The van der Waals surface area contributed by atoms with E-state index in [9.17, 15) is 13.2 Å². The molecule has 1 heterocycles. The number of alkyl halides is 3. The average Bonchev–Trinajstić information content (AvgIpc) is 2.45. The Morgan fingerprint density at radius 3 is 2.87 bits per heavy atom. The minimum Gasteiger partial charge on any atom is -0.406 e. The molecule has 1 aliphatic rings. The molecule has 1 aromatic carbocycles. The summed E-state index contributed by atoms with van der Waals surface area (Å²) in [6, 6.07) is 5.46. The second-order valence-corrected chi connectivity index (χ2v) is 5.28. The molecule has 0 radical (unpaired) electrons. The lowest BCUT2D eigenvalue weighted by molar-refractivity contribution is -0.274. The lowest BCUT2D eigenvalue weighted by atomic mass is 10.1. The van der Waals surface area contributed by atoms with Gasteiger partial charge in [0.1, 0.15) is 5.75 Å². The predicted octanol–water partition coefficient (Wildman–Crippen LogP) is 2.57. The molecule has 0 saturated carbocycles. The van der Waals surface area contributed by atoms with Gasteiger partial charge in [0.2, 0.25) is 0 Å². The van der Waals surface area contributed by atoms with Crippen molar-refractivity contribution in [2.24, 2.45) is 10.7 Å². The number of rotatable bonds is 4. The van der Waals surface area contributed by atoms with Gasteiger partial charge in [-0.05, 0) is 25.6 Å². The van der Waals surface area contributed by atoms with Crippen LogP contribution in [0.25, 0.3) is 0 Å². The highest BCUT2D eigenvalue weighted by molar-refractivity contribution is 5.92. The first kappa shape index (κ1) is 17.1. The number of nitrogens with two attached hydrogens (primary N) is 1. The number of halogens is 3. The van der Waals surface area contributed by atoms with Crippen LogP contribution in [-0.2, 0) is 0 Å². The van der Waals surface area contributed by atoms with Crippen molar-refractivity contribution in [3.05, 3.63) is 35.9 Å². The van der Waals surface area contributed by atoms with Gasteiger partial charge in [0, 0.05) is 24.8 Å². The first-order chi connectivity index (χ1) is 10.8. The summed E-state index contributed by atoms with van der Waals surface area (Å²) >= 11 is 0. The Morgan fingerprint density at radius 1 is 1.43 bits per heavy atom. The summed E-state index contributed by atoms with van der Waals surface area (Å²) in [7, 11) is 2.04. The Hall–Kier alpha value is -2.22. The molecule has 0 aromatic heterocycles. The van der Waals surface area contributed by atoms with Gasteiger partial charge in [0.05, 0.1) is 6.54 Å². The fourth-order valence-corrected chi connectivity index (χ4v) is 2.10. The molecule has 2 rings (SSSR count). The quantitative estimate of drug-likeness (QED) is 0.507. The number of likely N-dealkylation sites (N-methyl/N-ethyl adjacent to an activating group) is 1. The van der Waals surface area contributed by atoms with Gasteiger partial charge in [0.25, 0.3) is 0 Å². The van der Waals surface area contributed by atoms with Crippen LogP contribution in [0.3, 0.4) is 0 Å². The number of guanidine groups is 1. The standard InChI is InChI=1S/C15H19F3N4O/c1-22-7-5-11(6-8-22)10-20-14(19)21-12-3-2-4-13(9-12)23-15(16,17)18/h2-5,9H,6-8,10H2,1H3,(H3,19,20,21). The van der Waals surface area contributed by atoms with Gasteiger partial charge in [-0.25, -0.2) is 4.99 Å². The van der Waals surface area contributed by atoms with Crippen LogP contribution in [-0.4, -0.2) is 43.9 Å². The number of ether oxygens (including phenoxy) is 1. The third kappa shape index (κ3) is 6.19. The molecule has 8 heteroatoms. The van der Waals surface area contributed by atoms with Gasteiger partial charge in [-0.15, -0.1) is 13.2 Å². The van der Waals surface area contributed by atoms with Crippen LogP contribution in [0.1, 0.15) is 6.42 Å². The van der Waals surface area contributed by atoms with E-state index < -0.39 is 6.36 Å². The van der Waals surface area contributed by atoms with Crippen LogP contribution in [0.15, 0.2) is 40.9 Å². The van der Waals surface area contributed by atoms with E-state index in [0.717, 1.165) is 19.5 Å². The molecule has 23 heavy (non-hydrogen) atoms. The lowest BCUT2D eigenvalue weighted by Crippen LogP contribution is -2.26. The van der Waals surface area contributed by atoms with Crippen molar-refractivity contribution in [3.63, 3.8) is 0 Å². The predicted molar refractivity (Wildman–Crippen MR) is 83.4 cm³/mol. The second-order valence-electron chi connectivity index (χ2n) is 5.28. The van der Waals surface area contributed by atoms with Crippen molar-refractivity contribution >= 4 is 11.6 Å². The highest BCUT2D eigenvalue weighted by Gasteiger charge is 2.31. The summed E-state index contributed by atoms with van der Waals surface area (Å²) in [6.45, 7) is 2.34. The van der Waals surface area contributed by atoms with Gasteiger partial charge in [-0.2, -0.15) is 0 Å². The number of hydrogen-bond acceptors (Lipinski definition) is 3. The zero-order chi connectivity index (χ0) is 16.9. The van der Waals surface area contributed by atoms with Crippen molar-refractivity contribution in [3.8, 4) is 5.75 Å². The molecule has 1 aromatic rings. The van der Waals surface area contributed by atoms with Crippen molar-refractivity contribution < 1.29 is 17.9 Å². The topological polar surface area (TPSA) is 62.9 Å². The fraction of sp³-hybridized carbons (Fsp3) is 0.400. The summed E-state index contributed by atoms with van der Waals surface area (Å²) in [4.78, 5) is 6.40. The Kier molecular flexibility index (Phi) is 5.49.